The molecule has 0 aromatic heterocycles. The van der Waals surface area contributed by atoms with Crippen LogP contribution in [0.2, 0.25) is 0 Å². The van der Waals surface area contributed by atoms with Crippen molar-refractivity contribution in [3.8, 4) is 0 Å². The van der Waals surface area contributed by atoms with Gasteiger partial charge in [0.2, 0.25) is 5.91 Å². The number of para-hydroxylation sites is 1. The molecule has 0 saturated carbocycles. The van der Waals surface area contributed by atoms with Crippen molar-refractivity contribution in [3.63, 3.8) is 0 Å². The third-order valence-corrected chi connectivity index (χ3v) is 5.55. The van der Waals surface area contributed by atoms with Crippen LogP contribution >= 0.6 is 0 Å². The predicted octanol–water partition coefficient (Wildman–Crippen LogP) is 0.967. The lowest BCUT2D eigenvalue weighted by atomic mass is 9.57. The number of nitrogens with zero attached hydrogens (tertiary/aromatic N) is 1. The molecule has 2 amide bonds. The molecule has 2 aliphatic heterocycles. The number of benzene rings is 1. The lowest BCUT2D eigenvalue weighted by Gasteiger charge is -2.54. The topological polar surface area (TPSA) is 95.7 Å². The number of primary amides is 1. The highest BCUT2D eigenvalue weighted by Gasteiger charge is 2.62. The monoisotopic (exact) mass is 329 g/mol. The predicted molar refractivity (Wildman–Crippen MR) is 91.0 cm³/mol. The smallest absolute Gasteiger partial charge is 0.253 e. The molecule has 2 aliphatic rings. The largest absolute Gasteiger partial charge is 0.383 e. The van der Waals surface area contributed by atoms with E-state index in [2.05, 4.69) is 11.9 Å². The zero-order valence-corrected chi connectivity index (χ0v) is 14.0. The molecule has 4 N–H and O–H groups in total. The van der Waals surface area contributed by atoms with Gasteiger partial charge in [-0.3, -0.25) is 9.59 Å². The minimum atomic E-state index is -1.19. The highest BCUT2D eigenvalue weighted by atomic mass is 16.3. The summed E-state index contributed by atoms with van der Waals surface area (Å²) in [5.74, 6) is -1.09. The van der Waals surface area contributed by atoms with Gasteiger partial charge in [-0.1, -0.05) is 38.1 Å². The van der Waals surface area contributed by atoms with E-state index < -0.39 is 34.9 Å². The number of likely N-dealkylation sites (tertiary alicyclic amines) is 1. The van der Waals surface area contributed by atoms with E-state index in [1.165, 1.54) is 4.90 Å². The van der Waals surface area contributed by atoms with E-state index >= 15 is 0 Å². The van der Waals surface area contributed by atoms with Gasteiger partial charge in [0.25, 0.3) is 5.91 Å². The molecule has 128 valence electrons. The van der Waals surface area contributed by atoms with Crippen LogP contribution in [-0.2, 0) is 15.0 Å². The second kappa shape index (κ2) is 5.34. The zero-order valence-electron chi connectivity index (χ0n) is 14.0. The van der Waals surface area contributed by atoms with Crippen molar-refractivity contribution in [3.05, 3.63) is 42.5 Å². The van der Waals surface area contributed by atoms with Crippen molar-refractivity contribution in [2.45, 2.75) is 38.0 Å². The number of anilines is 1. The van der Waals surface area contributed by atoms with Gasteiger partial charge in [-0.2, -0.15) is 0 Å². The Bertz CT molecular complexity index is 715. The van der Waals surface area contributed by atoms with Crippen molar-refractivity contribution in [2.24, 2.45) is 11.1 Å². The number of rotatable bonds is 4. The first kappa shape index (κ1) is 16.5. The summed E-state index contributed by atoms with van der Waals surface area (Å²) in [6.07, 6.45) is 0.447. The Labute approximate surface area is 141 Å². The molecule has 3 atom stereocenters. The average molecular weight is 329 g/mol. The van der Waals surface area contributed by atoms with E-state index in [1.54, 1.807) is 0 Å². The third-order valence-electron chi connectivity index (χ3n) is 5.55. The van der Waals surface area contributed by atoms with Crippen molar-refractivity contribution in [2.75, 3.05) is 11.9 Å². The minimum absolute atomic E-state index is 0.240. The van der Waals surface area contributed by atoms with E-state index in [9.17, 15) is 14.7 Å². The number of nitrogens with two attached hydrogens (primary N) is 1. The number of aliphatic hydroxyl groups is 1. The highest BCUT2D eigenvalue weighted by molar-refractivity contribution is 5.89. The first-order chi connectivity index (χ1) is 11.2. The molecule has 0 bridgehead atoms. The summed E-state index contributed by atoms with van der Waals surface area (Å²) in [4.78, 5) is 25.4. The Hall–Kier alpha value is -2.34. The first-order valence-electron chi connectivity index (χ1n) is 8.01. The molecule has 1 fully saturated rings. The fourth-order valence-electron chi connectivity index (χ4n) is 4.17. The Morgan fingerprint density at radius 2 is 2.21 bits per heavy atom. The molecule has 2 heterocycles. The zero-order chi connectivity index (χ0) is 17.7. The average Bonchev–Trinajstić information content (AvgIpc) is 2.87. The van der Waals surface area contributed by atoms with Crippen LogP contribution in [-0.4, -0.2) is 40.6 Å². The standard InChI is InChI=1S/C18H23N3O3/c1-4-17(2,3)18-9-13(22)15(24)21(10-14(19)23)16(18)20-12-8-6-5-7-11(12)18/h4-8,13,16,20,22H,1,9-10H2,2-3H3,(H2,19,23)/t13-,16?,18-/m1/s1. The number of fused-ring (bicyclic) bond motifs is 3. The molecule has 0 aliphatic carbocycles. The number of nitrogens with one attached hydrogen (secondary N) is 1. The molecule has 0 radical (unpaired) electrons. The van der Waals surface area contributed by atoms with Gasteiger partial charge in [-0.25, -0.2) is 0 Å². The van der Waals surface area contributed by atoms with E-state index in [4.69, 9.17) is 5.73 Å². The van der Waals surface area contributed by atoms with Gasteiger partial charge in [0.15, 0.2) is 0 Å². The molecule has 6 nitrogen and oxygen atoms in total. The minimum Gasteiger partial charge on any atom is -0.383 e. The van der Waals surface area contributed by atoms with Gasteiger partial charge in [0.05, 0.1) is 0 Å². The highest BCUT2D eigenvalue weighted by Crippen LogP contribution is 2.57. The normalized spacial score (nSPS) is 28.8. The second-order valence-electron chi connectivity index (χ2n) is 7.14. The van der Waals surface area contributed by atoms with Gasteiger partial charge >= 0.3 is 0 Å². The van der Waals surface area contributed by atoms with Crippen LogP contribution in [0, 0.1) is 5.41 Å². The van der Waals surface area contributed by atoms with E-state index in [0.29, 0.717) is 0 Å². The molecule has 3 rings (SSSR count). The number of piperidine rings is 1. The number of carbonyl (C=O) groups excluding carboxylic acids is 2. The van der Waals surface area contributed by atoms with Gasteiger partial charge in [0.1, 0.15) is 18.8 Å². The van der Waals surface area contributed by atoms with Crippen LogP contribution in [0.5, 0.6) is 0 Å². The number of hydrogen-bond acceptors (Lipinski definition) is 4. The van der Waals surface area contributed by atoms with Crippen LogP contribution < -0.4 is 11.1 Å². The number of hydrogen-bond donors (Lipinski definition) is 3. The molecule has 1 unspecified atom stereocenters. The Kier molecular flexibility index (Phi) is 3.68. The van der Waals surface area contributed by atoms with Gasteiger partial charge in [0, 0.05) is 11.1 Å². The number of amides is 2. The Morgan fingerprint density at radius 1 is 1.54 bits per heavy atom. The summed E-state index contributed by atoms with van der Waals surface area (Å²) in [5, 5.41) is 13.8. The maximum absolute atomic E-state index is 12.5. The molecule has 1 aromatic rings. The van der Waals surface area contributed by atoms with Gasteiger partial charge < -0.3 is 21.1 Å². The lowest BCUT2D eigenvalue weighted by Crippen LogP contribution is -2.67. The van der Waals surface area contributed by atoms with Crippen LogP contribution in [0.3, 0.4) is 0 Å². The Morgan fingerprint density at radius 3 is 2.83 bits per heavy atom. The van der Waals surface area contributed by atoms with Gasteiger partial charge in [-0.05, 0) is 23.5 Å². The summed E-state index contributed by atoms with van der Waals surface area (Å²) in [5.41, 5.74) is 6.21. The molecule has 0 spiro atoms. The van der Waals surface area contributed by atoms with Crippen LogP contribution in [0.15, 0.2) is 36.9 Å². The Balaban J connectivity index is 2.23. The SMILES string of the molecule is C=CC(C)(C)[C@@]12C[C@@H](O)C(=O)N(CC(N)=O)C1Nc1ccccc12. The molecule has 6 heteroatoms. The van der Waals surface area contributed by atoms with E-state index in [0.717, 1.165) is 11.3 Å². The fourth-order valence-corrected chi connectivity index (χ4v) is 4.17. The second-order valence-corrected chi connectivity index (χ2v) is 7.14. The summed E-state index contributed by atoms with van der Waals surface area (Å²) in [7, 11) is 0. The summed E-state index contributed by atoms with van der Waals surface area (Å²) in [6, 6.07) is 7.78. The van der Waals surface area contributed by atoms with Crippen LogP contribution in [0.25, 0.3) is 0 Å². The summed E-state index contributed by atoms with van der Waals surface area (Å²) < 4.78 is 0. The summed E-state index contributed by atoms with van der Waals surface area (Å²) in [6.45, 7) is 7.78. The maximum Gasteiger partial charge on any atom is 0.253 e. The van der Waals surface area contributed by atoms with Crippen LogP contribution in [0.4, 0.5) is 5.69 Å². The molecule has 1 aromatic carbocycles. The summed E-state index contributed by atoms with van der Waals surface area (Å²) >= 11 is 0. The third kappa shape index (κ3) is 2.06. The molecule has 1 saturated heterocycles. The lowest BCUT2D eigenvalue weighted by molar-refractivity contribution is -0.156. The quantitative estimate of drug-likeness (QED) is 0.717. The van der Waals surface area contributed by atoms with E-state index in [-0.39, 0.29) is 13.0 Å². The number of carbonyl (C=O) groups is 2. The van der Waals surface area contributed by atoms with Crippen molar-refractivity contribution in [1.29, 1.82) is 0 Å². The maximum atomic E-state index is 12.5. The number of aliphatic hydroxyl groups excluding tert-OH is 1. The van der Waals surface area contributed by atoms with Crippen molar-refractivity contribution in [1.82, 2.24) is 4.90 Å². The first-order valence-corrected chi connectivity index (χ1v) is 8.01. The molecule has 24 heavy (non-hydrogen) atoms. The number of allylic oxidation sites excluding steroid dienone is 1. The van der Waals surface area contributed by atoms with Gasteiger partial charge in [-0.15, -0.1) is 6.58 Å². The van der Waals surface area contributed by atoms with Crippen molar-refractivity contribution < 1.29 is 14.7 Å². The van der Waals surface area contributed by atoms with Crippen molar-refractivity contribution >= 4 is 17.5 Å². The molecular weight excluding hydrogens is 306 g/mol. The fraction of sp³-hybridized carbons (Fsp3) is 0.444. The molecular formula is C18H23N3O3. The van der Waals surface area contributed by atoms with Crippen LogP contribution in [0.1, 0.15) is 25.8 Å². The van der Waals surface area contributed by atoms with E-state index in [1.807, 2.05) is 44.2 Å².